The second kappa shape index (κ2) is 5.95. The molecule has 5 nitrogen and oxygen atoms in total. The summed E-state index contributed by atoms with van der Waals surface area (Å²) in [6.45, 7) is 0. The minimum atomic E-state index is -1.00. The molecular formula is C11H13FN2O3. The third-order valence-electron chi connectivity index (χ3n) is 2.12. The van der Waals surface area contributed by atoms with Crippen molar-refractivity contribution in [2.45, 2.75) is 18.9 Å². The van der Waals surface area contributed by atoms with Gasteiger partial charge in [-0.1, -0.05) is 0 Å². The van der Waals surface area contributed by atoms with Gasteiger partial charge in [0, 0.05) is 12.1 Å². The minimum Gasteiger partial charge on any atom is -0.481 e. The fourth-order valence-electron chi connectivity index (χ4n) is 1.18. The van der Waals surface area contributed by atoms with E-state index in [-0.39, 0.29) is 12.8 Å². The molecule has 0 fully saturated rings. The van der Waals surface area contributed by atoms with Gasteiger partial charge in [0.1, 0.15) is 5.82 Å². The lowest BCUT2D eigenvalue weighted by atomic mass is 10.1. The summed E-state index contributed by atoms with van der Waals surface area (Å²) in [5.41, 5.74) is 5.91. The van der Waals surface area contributed by atoms with Crippen LogP contribution in [0, 0.1) is 5.82 Å². The van der Waals surface area contributed by atoms with Gasteiger partial charge in [0.25, 0.3) is 0 Å². The number of carboxylic acids is 1. The zero-order valence-electron chi connectivity index (χ0n) is 9.02. The Morgan fingerprint density at radius 2 is 1.94 bits per heavy atom. The number of amides is 1. The van der Waals surface area contributed by atoms with Crippen LogP contribution in [0.25, 0.3) is 0 Å². The van der Waals surface area contributed by atoms with Crippen molar-refractivity contribution < 1.29 is 19.1 Å². The van der Waals surface area contributed by atoms with Crippen molar-refractivity contribution in [1.82, 2.24) is 0 Å². The quantitative estimate of drug-likeness (QED) is 0.714. The van der Waals surface area contributed by atoms with Crippen molar-refractivity contribution in [1.29, 1.82) is 0 Å². The molecule has 0 bridgehead atoms. The number of halogens is 1. The van der Waals surface area contributed by atoms with Crippen LogP contribution in [0.2, 0.25) is 0 Å². The molecule has 1 aromatic carbocycles. The third kappa shape index (κ3) is 4.60. The first-order valence-electron chi connectivity index (χ1n) is 5.03. The smallest absolute Gasteiger partial charge is 0.303 e. The van der Waals surface area contributed by atoms with E-state index in [0.29, 0.717) is 5.69 Å². The highest BCUT2D eigenvalue weighted by atomic mass is 19.1. The second-order valence-corrected chi connectivity index (χ2v) is 3.54. The Kier molecular flexibility index (Phi) is 4.59. The molecule has 0 radical (unpaired) electrons. The van der Waals surface area contributed by atoms with Crippen LogP contribution in [-0.2, 0) is 9.59 Å². The van der Waals surface area contributed by atoms with E-state index in [1.165, 1.54) is 24.3 Å². The predicted molar refractivity (Wildman–Crippen MR) is 59.9 cm³/mol. The van der Waals surface area contributed by atoms with E-state index in [0.717, 1.165) is 0 Å². The average Bonchev–Trinajstić information content (AvgIpc) is 2.28. The molecule has 1 aromatic rings. The number of anilines is 1. The molecule has 0 saturated heterocycles. The first kappa shape index (κ1) is 13.1. The van der Waals surface area contributed by atoms with Gasteiger partial charge in [0.2, 0.25) is 5.91 Å². The van der Waals surface area contributed by atoms with E-state index in [1.807, 2.05) is 0 Å². The van der Waals surface area contributed by atoms with Crippen molar-refractivity contribution in [2.24, 2.45) is 5.73 Å². The Hall–Kier alpha value is -1.95. The SMILES string of the molecule is NC(CCC(=O)O)C(=O)Nc1ccc(F)cc1. The molecule has 0 aromatic heterocycles. The molecule has 0 heterocycles. The van der Waals surface area contributed by atoms with Gasteiger partial charge in [0.05, 0.1) is 6.04 Å². The van der Waals surface area contributed by atoms with Crippen LogP contribution >= 0.6 is 0 Å². The number of rotatable bonds is 5. The summed E-state index contributed by atoms with van der Waals surface area (Å²) >= 11 is 0. The second-order valence-electron chi connectivity index (χ2n) is 3.54. The van der Waals surface area contributed by atoms with E-state index in [2.05, 4.69) is 5.32 Å². The number of aliphatic carboxylic acids is 1. The number of nitrogens with one attached hydrogen (secondary N) is 1. The topological polar surface area (TPSA) is 92.4 Å². The number of carboxylic acid groups (broad SMARTS) is 1. The van der Waals surface area contributed by atoms with Gasteiger partial charge < -0.3 is 16.2 Å². The Balaban J connectivity index is 2.48. The zero-order valence-corrected chi connectivity index (χ0v) is 9.02. The lowest BCUT2D eigenvalue weighted by molar-refractivity contribution is -0.137. The van der Waals surface area contributed by atoms with E-state index in [9.17, 15) is 14.0 Å². The molecule has 1 unspecified atom stereocenters. The molecule has 92 valence electrons. The molecule has 6 heteroatoms. The van der Waals surface area contributed by atoms with Gasteiger partial charge in [-0.25, -0.2) is 4.39 Å². The van der Waals surface area contributed by atoms with Crippen LogP contribution in [0.3, 0.4) is 0 Å². The van der Waals surface area contributed by atoms with E-state index >= 15 is 0 Å². The monoisotopic (exact) mass is 240 g/mol. The lowest BCUT2D eigenvalue weighted by Crippen LogP contribution is -2.36. The number of carbonyl (C=O) groups excluding carboxylic acids is 1. The van der Waals surface area contributed by atoms with Crippen molar-refractivity contribution in [3.63, 3.8) is 0 Å². The molecule has 1 atom stereocenters. The Bertz CT molecular complexity index is 406. The van der Waals surface area contributed by atoms with Gasteiger partial charge in [-0.2, -0.15) is 0 Å². The van der Waals surface area contributed by atoms with Crippen LogP contribution < -0.4 is 11.1 Å². The van der Waals surface area contributed by atoms with Crippen LogP contribution in [0.15, 0.2) is 24.3 Å². The van der Waals surface area contributed by atoms with E-state index < -0.39 is 23.7 Å². The molecule has 4 N–H and O–H groups in total. The number of benzene rings is 1. The number of carbonyl (C=O) groups is 2. The molecule has 0 spiro atoms. The molecular weight excluding hydrogens is 227 g/mol. The Labute approximate surface area is 97.4 Å². The van der Waals surface area contributed by atoms with Crippen LogP contribution in [0.1, 0.15) is 12.8 Å². The number of hydrogen-bond acceptors (Lipinski definition) is 3. The highest BCUT2D eigenvalue weighted by molar-refractivity contribution is 5.94. The first-order chi connectivity index (χ1) is 7.99. The molecule has 1 rings (SSSR count). The standard InChI is InChI=1S/C11H13FN2O3/c12-7-1-3-8(4-2-7)14-11(17)9(13)5-6-10(15)16/h1-4,9H,5-6,13H2,(H,14,17)(H,15,16). The van der Waals surface area contributed by atoms with Gasteiger partial charge in [-0.05, 0) is 30.7 Å². The summed E-state index contributed by atoms with van der Waals surface area (Å²) in [6.07, 6.45) is -0.111. The molecule has 0 aliphatic carbocycles. The maximum absolute atomic E-state index is 12.6. The summed E-state index contributed by atoms with van der Waals surface area (Å²) in [6, 6.07) is 4.32. The normalized spacial score (nSPS) is 11.9. The predicted octanol–water partition coefficient (Wildman–Crippen LogP) is 0.956. The minimum absolute atomic E-state index is 0.0579. The zero-order chi connectivity index (χ0) is 12.8. The molecule has 0 aliphatic heterocycles. The molecule has 17 heavy (non-hydrogen) atoms. The van der Waals surface area contributed by atoms with Crippen molar-refractivity contribution in [3.8, 4) is 0 Å². The number of hydrogen-bond donors (Lipinski definition) is 3. The largest absolute Gasteiger partial charge is 0.481 e. The van der Waals surface area contributed by atoms with Gasteiger partial charge >= 0.3 is 5.97 Å². The van der Waals surface area contributed by atoms with Crippen molar-refractivity contribution in [3.05, 3.63) is 30.1 Å². The first-order valence-corrected chi connectivity index (χ1v) is 5.03. The van der Waals surface area contributed by atoms with E-state index in [1.54, 1.807) is 0 Å². The lowest BCUT2D eigenvalue weighted by Gasteiger charge is -2.10. The third-order valence-corrected chi connectivity index (χ3v) is 2.12. The molecule has 0 saturated carbocycles. The maximum Gasteiger partial charge on any atom is 0.303 e. The Morgan fingerprint density at radius 3 is 2.47 bits per heavy atom. The van der Waals surface area contributed by atoms with Crippen LogP contribution in [0.4, 0.5) is 10.1 Å². The van der Waals surface area contributed by atoms with Crippen LogP contribution in [0.5, 0.6) is 0 Å². The maximum atomic E-state index is 12.6. The molecule has 1 amide bonds. The van der Waals surface area contributed by atoms with Gasteiger partial charge in [0.15, 0.2) is 0 Å². The highest BCUT2D eigenvalue weighted by Crippen LogP contribution is 2.09. The summed E-state index contributed by atoms with van der Waals surface area (Å²) in [5.74, 6) is -1.90. The van der Waals surface area contributed by atoms with E-state index in [4.69, 9.17) is 10.8 Å². The highest BCUT2D eigenvalue weighted by Gasteiger charge is 2.14. The Morgan fingerprint density at radius 1 is 1.35 bits per heavy atom. The summed E-state index contributed by atoms with van der Waals surface area (Å²) in [7, 11) is 0. The fraction of sp³-hybridized carbons (Fsp3) is 0.273. The number of nitrogens with two attached hydrogens (primary N) is 1. The molecule has 0 aliphatic rings. The van der Waals surface area contributed by atoms with Crippen molar-refractivity contribution >= 4 is 17.6 Å². The van der Waals surface area contributed by atoms with Crippen molar-refractivity contribution in [2.75, 3.05) is 5.32 Å². The summed E-state index contributed by atoms with van der Waals surface area (Å²) in [4.78, 5) is 21.8. The van der Waals surface area contributed by atoms with Gasteiger partial charge in [-0.3, -0.25) is 9.59 Å². The average molecular weight is 240 g/mol. The van der Waals surface area contributed by atoms with Crippen LogP contribution in [-0.4, -0.2) is 23.0 Å². The summed E-state index contributed by atoms with van der Waals surface area (Å²) in [5, 5.41) is 10.9. The fourth-order valence-corrected chi connectivity index (χ4v) is 1.18. The van der Waals surface area contributed by atoms with Gasteiger partial charge in [-0.15, -0.1) is 0 Å². The summed E-state index contributed by atoms with van der Waals surface area (Å²) < 4.78 is 12.6.